The lowest BCUT2D eigenvalue weighted by atomic mass is 10.1. The van der Waals surface area contributed by atoms with Gasteiger partial charge in [0.2, 0.25) is 10.0 Å². The molecular weight excluding hydrogens is 266 g/mol. The molecule has 0 saturated carbocycles. The summed E-state index contributed by atoms with van der Waals surface area (Å²) in [6.45, 7) is 0.845. The van der Waals surface area contributed by atoms with Crippen LogP contribution in [0.15, 0.2) is 24.3 Å². The molecule has 19 heavy (non-hydrogen) atoms. The van der Waals surface area contributed by atoms with Crippen LogP contribution in [-0.4, -0.2) is 32.0 Å². The van der Waals surface area contributed by atoms with Gasteiger partial charge >= 0.3 is 0 Å². The van der Waals surface area contributed by atoms with Crippen LogP contribution >= 0.6 is 0 Å². The third kappa shape index (κ3) is 4.58. The van der Waals surface area contributed by atoms with Gasteiger partial charge in [-0.25, -0.2) is 13.1 Å². The van der Waals surface area contributed by atoms with Gasteiger partial charge < -0.3 is 9.84 Å². The van der Waals surface area contributed by atoms with Gasteiger partial charge in [-0.15, -0.1) is 0 Å². The number of hydrogen-bond acceptors (Lipinski definition) is 4. The summed E-state index contributed by atoms with van der Waals surface area (Å²) in [5, 5.41) is 9.02. The van der Waals surface area contributed by atoms with Crippen LogP contribution in [0, 0.1) is 0 Å². The lowest BCUT2D eigenvalue weighted by Crippen LogP contribution is -2.31. The summed E-state index contributed by atoms with van der Waals surface area (Å²) in [4.78, 5) is 0. The van der Waals surface area contributed by atoms with Gasteiger partial charge in [-0.05, 0) is 24.0 Å². The molecule has 0 amide bonds. The Morgan fingerprint density at radius 2 is 2.16 bits per heavy atom. The van der Waals surface area contributed by atoms with Crippen molar-refractivity contribution in [2.24, 2.45) is 0 Å². The molecule has 1 aromatic carbocycles. The molecule has 1 aliphatic heterocycles. The van der Waals surface area contributed by atoms with Crippen molar-refractivity contribution < 1.29 is 18.3 Å². The molecule has 0 spiro atoms. The second-order valence-electron chi connectivity index (χ2n) is 4.72. The molecule has 1 fully saturated rings. The average Bonchev–Trinajstić information content (AvgIpc) is 2.89. The van der Waals surface area contributed by atoms with E-state index < -0.39 is 10.0 Å². The van der Waals surface area contributed by atoms with Crippen molar-refractivity contribution in [1.82, 2.24) is 4.72 Å². The molecule has 1 heterocycles. The normalized spacial score (nSPS) is 19.7. The minimum atomic E-state index is -3.32. The zero-order valence-electron chi connectivity index (χ0n) is 10.7. The van der Waals surface area contributed by atoms with Gasteiger partial charge in [-0.3, -0.25) is 0 Å². The predicted octanol–water partition coefficient (Wildman–Crippen LogP) is 0.777. The molecular formula is C13H19NO4S. The fourth-order valence-corrected chi connectivity index (χ4v) is 3.37. The Morgan fingerprint density at radius 3 is 2.84 bits per heavy atom. The van der Waals surface area contributed by atoms with Gasteiger partial charge in [0.15, 0.2) is 0 Å². The SMILES string of the molecule is O=S(=O)(CC1CCCO1)NCc1cccc(CO)c1. The summed E-state index contributed by atoms with van der Waals surface area (Å²) in [6.07, 6.45) is 1.56. The number of nitrogens with one attached hydrogen (secondary N) is 1. The maximum Gasteiger partial charge on any atom is 0.214 e. The van der Waals surface area contributed by atoms with Crippen molar-refractivity contribution in [3.8, 4) is 0 Å². The average molecular weight is 285 g/mol. The molecule has 0 aromatic heterocycles. The van der Waals surface area contributed by atoms with Crippen LogP contribution in [0.5, 0.6) is 0 Å². The molecule has 1 atom stereocenters. The Labute approximate surface area is 113 Å². The first-order valence-electron chi connectivity index (χ1n) is 6.37. The Morgan fingerprint density at radius 1 is 1.37 bits per heavy atom. The van der Waals surface area contributed by atoms with Crippen LogP contribution in [0.3, 0.4) is 0 Å². The van der Waals surface area contributed by atoms with E-state index in [9.17, 15) is 8.42 Å². The third-order valence-corrected chi connectivity index (χ3v) is 4.49. The Kier molecular flexibility index (Phi) is 4.93. The molecule has 5 nitrogen and oxygen atoms in total. The van der Waals surface area contributed by atoms with Crippen molar-refractivity contribution in [3.63, 3.8) is 0 Å². The van der Waals surface area contributed by atoms with E-state index >= 15 is 0 Å². The van der Waals surface area contributed by atoms with Crippen LogP contribution in [0.1, 0.15) is 24.0 Å². The first-order valence-corrected chi connectivity index (χ1v) is 8.02. The molecule has 0 bridgehead atoms. The summed E-state index contributed by atoms with van der Waals surface area (Å²) in [7, 11) is -3.32. The van der Waals surface area contributed by atoms with Crippen LogP contribution < -0.4 is 4.72 Å². The Bertz CT molecular complexity index is 509. The highest BCUT2D eigenvalue weighted by molar-refractivity contribution is 7.89. The van der Waals surface area contributed by atoms with E-state index in [1.165, 1.54) is 0 Å². The Balaban J connectivity index is 1.89. The second-order valence-corrected chi connectivity index (χ2v) is 6.57. The highest BCUT2D eigenvalue weighted by Gasteiger charge is 2.22. The molecule has 1 unspecified atom stereocenters. The zero-order valence-corrected chi connectivity index (χ0v) is 11.5. The lowest BCUT2D eigenvalue weighted by molar-refractivity contribution is 0.127. The number of aliphatic hydroxyl groups is 1. The van der Waals surface area contributed by atoms with Gasteiger partial charge in [-0.1, -0.05) is 24.3 Å². The fourth-order valence-electron chi connectivity index (χ4n) is 2.11. The second kappa shape index (κ2) is 6.47. The van der Waals surface area contributed by atoms with Gasteiger partial charge in [0, 0.05) is 13.2 Å². The van der Waals surface area contributed by atoms with E-state index in [1.54, 1.807) is 18.2 Å². The number of aliphatic hydroxyl groups excluding tert-OH is 1. The topological polar surface area (TPSA) is 75.6 Å². The number of ether oxygens (including phenoxy) is 1. The fraction of sp³-hybridized carbons (Fsp3) is 0.538. The van der Waals surface area contributed by atoms with E-state index in [4.69, 9.17) is 9.84 Å². The quantitative estimate of drug-likeness (QED) is 0.810. The maximum absolute atomic E-state index is 11.9. The summed E-state index contributed by atoms with van der Waals surface area (Å²) in [6, 6.07) is 7.21. The summed E-state index contributed by atoms with van der Waals surface area (Å²) < 4.78 is 31.6. The minimum Gasteiger partial charge on any atom is -0.392 e. The highest BCUT2D eigenvalue weighted by atomic mass is 32.2. The predicted molar refractivity (Wildman–Crippen MR) is 72.0 cm³/mol. The van der Waals surface area contributed by atoms with Crippen molar-refractivity contribution in [1.29, 1.82) is 0 Å². The first kappa shape index (κ1) is 14.5. The van der Waals surface area contributed by atoms with Gasteiger partial charge in [-0.2, -0.15) is 0 Å². The van der Waals surface area contributed by atoms with Gasteiger partial charge in [0.1, 0.15) is 0 Å². The molecule has 1 aromatic rings. The van der Waals surface area contributed by atoms with E-state index in [0.29, 0.717) is 6.61 Å². The van der Waals surface area contributed by atoms with Crippen molar-refractivity contribution >= 4 is 10.0 Å². The number of sulfonamides is 1. The summed E-state index contributed by atoms with van der Waals surface area (Å²) in [5.74, 6) is 0.0205. The minimum absolute atomic E-state index is 0.0205. The van der Waals surface area contributed by atoms with Gasteiger partial charge in [0.05, 0.1) is 18.5 Å². The standard InChI is InChI=1S/C13H19NO4S/c15-9-12-4-1-3-11(7-12)8-14-19(16,17)10-13-5-2-6-18-13/h1,3-4,7,13-15H,2,5-6,8-10H2. The van der Waals surface area contributed by atoms with Crippen LogP contribution in [0.4, 0.5) is 0 Å². The monoisotopic (exact) mass is 285 g/mol. The summed E-state index contributed by atoms with van der Waals surface area (Å²) >= 11 is 0. The lowest BCUT2D eigenvalue weighted by Gasteiger charge is -2.11. The van der Waals surface area contributed by atoms with Crippen LogP contribution in [0.2, 0.25) is 0 Å². The molecule has 1 aliphatic rings. The van der Waals surface area contributed by atoms with Crippen LogP contribution in [-0.2, 0) is 27.9 Å². The smallest absolute Gasteiger partial charge is 0.214 e. The van der Waals surface area contributed by atoms with Crippen molar-refractivity contribution in [2.75, 3.05) is 12.4 Å². The van der Waals surface area contributed by atoms with Crippen molar-refractivity contribution in [2.45, 2.75) is 32.1 Å². The summed E-state index contributed by atoms with van der Waals surface area (Å²) in [5.41, 5.74) is 1.61. The Hall–Kier alpha value is -0.950. The molecule has 2 N–H and O–H groups in total. The number of rotatable bonds is 6. The van der Waals surface area contributed by atoms with E-state index in [1.807, 2.05) is 6.07 Å². The highest BCUT2D eigenvalue weighted by Crippen LogP contribution is 2.13. The van der Waals surface area contributed by atoms with Crippen LogP contribution in [0.25, 0.3) is 0 Å². The number of benzene rings is 1. The van der Waals surface area contributed by atoms with E-state index in [-0.39, 0.29) is 25.0 Å². The maximum atomic E-state index is 11.9. The molecule has 2 rings (SSSR count). The molecule has 106 valence electrons. The first-order chi connectivity index (χ1) is 9.09. The third-order valence-electron chi connectivity index (χ3n) is 3.10. The number of hydrogen-bond donors (Lipinski definition) is 2. The molecule has 0 aliphatic carbocycles. The largest absolute Gasteiger partial charge is 0.392 e. The van der Waals surface area contributed by atoms with E-state index in [2.05, 4.69) is 4.72 Å². The van der Waals surface area contributed by atoms with E-state index in [0.717, 1.165) is 24.0 Å². The molecule has 1 saturated heterocycles. The molecule has 6 heteroatoms. The van der Waals surface area contributed by atoms with Crippen molar-refractivity contribution in [3.05, 3.63) is 35.4 Å². The molecule has 0 radical (unpaired) electrons. The zero-order chi connectivity index (χ0) is 13.7. The van der Waals surface area contributed by atoms with Gasteiger partial charge in [0.25, 0.3) is 0 Å².